The number of hydrogen-bond acceptors (Lipinski definition) is 4. The van der Waals surface area contributed by atoms with Gasteiger partial charge in [-0.15, -0.1) is 0 Å². The predicted molar refractivity (Wildman–Crippen MR) is 129 cm³/mol. The van der Waals surface area contributed by atoms with Crippen molar-refractivity contribution in [1.29, 1.82) is 0 Å². The number of piperidine rings is 1. The molecule has 0 atom stereocenters. The first-order valence-corrected chi connectivity index (χ1v) is 11.7. The topological polar surface area (TPSA) is 55.3 Å². The Kier molecular flexibility index (Phi) is 10.4. The fourth-order valence-electron chi connectivity index (χ4n) is 3.80. The van der Waals surface area contributed by atoms with Gasteiger partial charge in [0.25, 0.3) is 0 Å². The van der Waals surface area contributed by atoms with Gasteiger partial charge in [-0.2, -0.15) is 0 Å². The van der Waals surface area contributed by atoms with Crippen LogP contribution in [0.1, 0.15) is 37.3 Å². The molecule has 0 amide bonds. The van der Waals surface area contributed by atoms with Crippen LogP contribution in [0.3, 0.4) is 0 Å². The third-order valence-corrected chi connectivity index (χ3v) is 5.58. The van der Waals surface area contributed by atoms with Crippen molar-refractivity contribution in [2.75, 3.05) is 40.0 Å². The second-order valence-corrected chi connectivity index (χ2v) is 7.94. The van der Waals surface area contributed by atoms with E-state index < -0.39 is 0 Å². The Morgan fingerprint density at radius 3 is 2.44 bits per heavy atom. The largest absolute Gasteiger partial charge is 0.489 e. The summed E-state index contributed by atoms with van der Waals surface area (Å²) in [5.74, 6) is 1.86. The SMILES string of the molecule is CCNC(=NCc1ccccc1COc1ccccc1)N1CCC(OCCCOC)CC1. The summed E-state index contributed by atoms with van der Waals surface area (Å²) in [7, 11) is 1.73. The van der Waals surface area contributed by atoms with E-state index in [0.29, 0.717) is 19.3 Å². The van der Waals surface area contributed by atoms with Crippen LogP contribution in [0.15, 0.2) is 59.6 Å². The van der Waals surface area contributed by atoms with E-state index >= 15 is 0 Å². The quantitative estimate of drug-likeness (QED) is 0.322. The molecule has 1 fully saturated rings. The van der Waals surface area contributed by atoms with Gasteiger partial charge in [0.15, 0.2) is 5.96 Å². The first-order chi connectivity index (χ1) is 15.8. The highest BCUT2D eigenvalue weighted by molar-refractivity contribution is 5.80. The van der Waals surface area contributed by atoms with Gasteiger partial charge in [0.1, 0.15) is 12.4 Å². The molecule has 0 aromatic heterocycles. The molecule has 1 heterocycles. The lowest BCUT2D eigenvalue weighted by atomic mass is 10.1. The fourth-order valence-corrected chi connectivity index (χ4v) is 3.80. The van der Waals surface area contributed by atoms with E-state index in [1.165, 1.54) is 11.1 Å². The van der Waals surface area contributed by atoms with Crippen molar-refractivity contribution in [1.82, 2.24) is 10.2 Å². The maximum absolute atomic E-state index is 6.00. The van der Waals surface area contributed by atoms with Crippen molar-refractivity contribution in [2.45, 2.75) is 45.4 Å². The van der Waals surface area contributed by atoms with Crippen LogP contribution in [0.2, 0.25) is 0 Å². The van der Waals surface area contributed by atoms with Gasteiger partial charge >= 0.3 is 0 Å². The molecule has 1 saturated heterocycles. The van der Waals surface area contributed by atoms with Gasteiger partial charge in [-0.25, -0.2) is 4.99 Å². The molecule has 6 nitrogen and oxygen atoms in total. The van der Waals surface area contributed by atoms with Gasteiger partial charge in [0.05, 0.1) is 12.6 Å². The Balaban J connectivity index is 1.55. The van der Waals surface area contributed by atoms with Crippen LogP contribution in [0.5, 0.6) is 5.75 Å². The number of benzene rings is 2. The van der Waals surface area contributed by atoms with Crippen molar-refractivity contribution < 1.29 is 14.2 Å². The third kappa shape index (κ3) is 7.84. The Morgan fingerprint density at radius 1 is 1.00 bits per heavy atom. The van der Waals surface area contributed by atoms with Gasteiger partial charge in [0, 0.05) is 40.0 Å². The highest BCUT2D eigenvalue weighted by atomic mass is 16.5. The van der Waals surface area contributed by atoms with Crippen LogP contribution >= 0.6 is 0 Å². The molecule has 32 heavy (non-hydrogen) atoms. The van der Waals surface area contributed by atoms with Gasteiger partial charge in [-0.3, -0.25) is 0 Å². The number of likely N-dealkylation sites (tertiary alicyclic amines) is 1. The highest BCUT2D eigenvalue weighted by Gasteiger charge is 2.21. The van der Waals surface area contributed by atoms with Gasteiger partial charge in [-0.1, -0.05) is 42.5 Å². The first kappa shape index (κ1) is 24.1. The van der Waals surface area contributed by atoms with Crippen LogP contribution in [0.25, 0.3) is 0 Å². The summed E-state index contributed by atoms with van der Waals surface area (Å²) in [6.45, 7) is 7.58. The molecule has 0 spiro atoms. The van der Waals surface area contributed by atoms with E-state index in [4.69, 9.17) is 19.2 Å². The minimum absolute atomic E-state index is 0.335. The van der Waals surface area contributed by atoms with Crippen LogP contribution in [0.4, 0.5) is 0 Å². The van der Waals surface area contributed by atoms with Crippen LogP contribution in [-0.4, -0.2) is 56.9 Å². The smallest absolute Gasteiger partial charge is 0.194 e. The number of nitrogens with one attached hydrogen (secondary N) is 1. The molecule has 0 radical (unpaired) electrons. The highest BCUT2D eigenvalue weighted by Crippen LogP contribution is 2.17. The minimum Gasteiger partial charge on any atom is -0.489 e. The van der Waals surface area contributed by atoms with Crippen molar-refractivity contribution >= 4 is 5.96 Å². The normalized spacial score (nSPS) is 15.1. The number of rotatable bonds is 11. The first-order valence-electron chi connectivity index (χ1n) is 11.7. The lowest BCUT2D eigenvalue weighted by Crippen LogP contribution is -2.47. The number of para-hydroxylation sites is 1. The molecule has 0 unspecified atom stereocenters. The zero-order valence-electron chi connectivity index (χ0n) is 19.5. The second kappa shape index (κ2) is 13.8. The standard InChI is InChI=1S/C26H37N3O3/c1-3-27-26(29-16-14-25(15-17-29)31-19-9-18-30-2)28-20-22-10-7-8-11-23(22)21-32-24-12-5-4-6-13-24/h4-8,10-13,25H,3,9,14-21H2,1-2H3,(H,27,28). The molecule has 0 aliphatic carbocycles. The molecule has 1 aliphatic rings. The third-order valence-electron chi connectivity index (χ3n) is 5.58. The zero-order valence-corrected chi connectivity index (χ0v) is 19.5. The summed E-state index contributed by atoms with van der Waals surface area (Å²) in [5, 5.41) is 3.46. The summed E-state index contributed by atoms with van der Waals surface area (Å²) in [4.78, 5) is 7.30. The Labute approximate surface area is 192 Å². The lowest BCUT2D eigenvalue weighted by Gasteiger charge is -2.34. The Morgan fingerprint density at radius 2 is 1.72 bits per heavy atom. The molecule has 0 saturated carbocycles. The summed E-state index contributed by atoms with van der Waals surface area (Å²) in [6, 6.07) is 18.3. The maximum Gasteiger partial charge on any atom is 0.194 e. The monoisotopic (exact) mass is 439 g/mol. The number of methoxy groups -OCH3 is 1. The summed E-state index contributed by atoms with van der Waals surface area (Å²) >= 11 is 0. The summed E-state index contributed by atoms with van der Waals surface area (Å²) < 4.78 is 17.1. The number of aliphatic imine (C=N–C) groups is 1. The molecule has 2 aromatic carbocycles. The van der Waals surface area contributed by atoms with Crippen molar-refractivity contribution in [3.05, 3.63) is 65.7 Å². The lowest BCUT2D eigenvalue weighted by molar-refractivity contribution is 0.00990. The van der Waals surface area contributed by atoms with E-state index in [1.807, 2.05) is 30.3 Å². The zero-order chi connectivity index (χ0) is 22.4. The van der Waals surface area contributed by atoms with Crippen molar-refractivity contribution in [3.8, 4) is 5.75 Å². The molecular weight excluding hydrogens is 402 g/mol. The number of ether oxygens (including phenoxy) is 3. The van der Waals surface area contributed by atoms with Crippen LogP contribution < -0.4 is 10.1 Å². The fraction of sp³-hybridized carbons (Fsp3) is 0.500. The molecular formula is C26H37N3O3. The maximum atomic E-state index is 6.00. The van der Waals surface area contributed by atoms with E-state index in [2.05, 4.69) is 41.4 Å². The molecule has 6 heteroatoms. The average molecular weight is 440 g/mol. The van der Waals surface area contributed by atoms with Crippen LogP contribution in [-0.2, 0) is 22.6 Å². The van der Waals surface area contributed by atoms with Gasteiger partial charge in [0.2, 0.25) is 0 Å². The van der Waals surface area contributed by atoms with E-state index in [-0.39, 0.29) is 0 Å². The summed E-state index contributed by atoms with van der Waals surface area (Å²) in [6.07, 6.45) is 3.34. The number of nitrogens with zero attached hydrogens (tertiary/aromatic N) is 2. The van der Waals surface area contributed by atoms with E-state index in [9.17, 15) is 0 Å². The number of hydrogen-bond donors (Lipinski definition) is 1. The average Bonchev–Trinajstić information content (AvgIpc) is 2.85. The predicted octanol–water partition coefficient (Wildman–Crippen LogP) is 4.25. The molecule has 174 valence electrons. The van der Waals surface area contributed by atoms with Gasteiger partial charge < -0.3 is 24.4 Å². The summed E-state index contributed by atoms with van der Waals surface area (Å²) in [5.41, 5.74) is 2.36. The molecule has 1 aliphatic heterocycles. The number of guanidine groups is 1. The van der Waals surface area contributed by atoms with E-state index in [0.717, 1.165) is 63.8 Å². The minimum atomic E-state index is 0.335. The molecule has 3 rings (SSSR count). The van der Waals surface area contributed by atoms with Gasteiger partial charge in [-0.05, 0) is 49.4 Å². The molecule has 2 aromatic rings. The van der Waals surface area contributed by atoms with Crippen molar-refractivity contribution in [2.24, 2.45) is 4.99 Å². The molecule has 1 N–H and O–H groups in total. The second-order valence-electron chi connectivity index (χ2n) is 7.94. The van der Waals surface area contributed by atoms with Crippen LogP contribution in [0, 0.1) is 0 Å². The Bertz CT molecular complexity index is 805. The molecule has 0 bridgehead atoms. The Hall–Kier alpha value is -2.57. The van der Waals surface area contributed by atoms with Crippen molar-refractivity contribution in [3.63, 3.8) is 0 Å². The van der Waals surface area contributed by atoms with E-state index in [1.54, 1.807) is 7.11 Å².